The summed E-state index contributed by atoms with van der Waals surface area (Å²) in [6, 6.07) is 13.0. The Hall–Kier alpha value is -3.26. The standard InChI is InChI=1S/C18H18N4O4/c19-18(24)16-9-12-5-1-2-6-13(12)10-21(16)11-17(23)20-14-7-3-4-8-15(14)22(25)26/h1-8,16H,9-11H2,(H2,19,24)(H,20,23). The van der Waals surface area contributed by atoms with Crippen molar-refractivity contribution < 1.29 is 14.5 Å². The highest BCUT2D eigenvalue weighted by Gasteiger charge is 2.31. The van der Waals surface area contributed by atoms with Gasteiger partial charge in [0.05, 0.1) is 17.5 Å². The number of nitro groups is 1. The molecule has 8 nitrogen and oxygen atoms in total. The van der Waals surface area contributed by atoms with Crippen molar-refractivity contribution in [2.75, 3.05) is 11.9 Å². The van der Waals surface area contributed by atoms with E-state index in [0.717, 1.165) is 11.1 Å². The molecule has 0 aliphatic carbocycles. The number of anilines is 1. The van der Waals surface area contributed by atoms with Crippen LogP contribution in [0, 0.1) is 10.1 Å². The first-order valence-corrected chi connectivity index (χ1v) is 8.09. The average Bonchev–Trinajstić information content (AvgIpc) is 2.61. The van der Waals surface area contributed by atoms with Gasteiger partial charge in [0.2, 0.25) is 11.8 Å². The Bertz CT molecular complexity index is 868. The summed E-state index contributed by atoms with van der Waals surface area (Å²) >= 11 is 0. The van der Waals surface area contributed by atoms with Crippen LogP contribution >= 0.6 is 0 Å². The van der Waals surface area contributed by atoms with Gasteiger partial charge in [-0.1, -0.05) is 36.4 Å². The van der Waals surface area contributed by atoms with Crippen LogP contribution in [0.15, 0.2) is 48.5 Å². The van der Waals surface area contributed by atoms with Gasteiger partial charge in [0.15, 0.2) is 0 Å². The van der Waals surface area contributed by atoms with Crippen molar-refractivity contribution in [2.45, 2.75) is 19.0 Å². The van der Waals surface area contributed by atoms with Gasteiger partial charge in [0.25, 0.3) is 5.69 Å². The molecule has 1 heterocycles. The monoisotopic (exact) mass is 354 g/mol. The zero-order valence-corrected chi connectivity index (χ0v) is 13.9. The molecule has 134 valence electrons. The van der Waals surface area contributed by atoms with Gasteiger partial charge in [-0.25, -0.2) is 0 Å². The number of rotatable bonds is 5. The molecular formula is C18H18N4O4. The van der Waals surface area contributed by atoms with E-state index in [2.05, 4.69) is 5.32 Å². The molecule has 0 aromatic heterocycles. The van der Waals surface area contributed by atoms with E-state index in [9.17, 15) is 19.7 Å². The maximum atomic E-state index is 12.4. The van der Waals surface area contributed by atoms with E-state index in [1.807, 2.05) is 24.3 Å². The van der Waals surface area contributed by atoms with Crippen LogP contribution in [-0.4, -0.2) is 34.2 Å². The van der Waals surface area contributed by atoms with E-state index < -0.39 is 22.8 Å². The minimum Gasteiger partial charge on any atom is -0.368 e. The van der Waals surface area contributed by atoms with Crippen LogP contribution < -0.4 is 11.1 Å². The number of nitro benzene ring substituents is 1. The smallest absolute Gasteiger partial charge is 0.292 e. The summed E-state index contributed by atoms with van der Waals surface area (Å²) in [4.78, 5) is 36.4. The summed E-state index contributed by atoms with van der Waals surface area (Å²) in [6.07, 6.45) is 0.435. The van der Waals surface area contributed by atoms with Crippen molar-refractivity contribution in [1.82, 2.24) is 4.90 Å². The second-order valence-electron chi connectivity index (χ2n) is 6.12. The lowest BCUT2D eigenvalue weighted by molar-refractivity contribution is -0.383. The van der Waals surface area contributed by atoms with Crippen molar-refractivity contribution in [3.8, 4) is 0 Å². The van der Waals surface area contributed by atoms with Crippen LogP contribution in [0.25, 0.3) is 0 Å². The molecule has 0 saturated heterocycles. The fourth-order valence-corrected chi connectivity index (χ4v) is 3.14. The maximum absolute atomic E-state index is 12.4. The zero-order chi connectivity index (χ0) is 18.7. The van der Waals surface area contributed by atoms with Crippen molar-refractivity contribution in [3.63, 3.8) is 0 Å². The maximum Gasteiger partial charge on any atom is 0.292 e. The van der Waals surface area contributed by atoms with E-state index in [4.69, 9.17) is 5.73 Å². The van der Waals surface area contributed by atoms with Gasteiger partial charge >= 0.3 is 0 Å². The lowest BCUT2D eigenvalue weighted by atomic mass is 9.93. The van der Waals surface area contributed by atoms with E-state index in [1.165, 1.54) is 18.2 Å². The quantitative estimate of drug-likeness (QED) is 0.622. The molecule has 1 unspecified atom stereocenters. The molecule has 0 radical (unpaired) electrons. The molecular weight excluding hydrogens is 336 g/mol. The minimum absolute atomic E-state index is 0.0893. The molecule has 2 aromatic rings. The van der Waals surface area contributed by atoms with Crippen molar-refractivity contribution in [1.29, 1.82) is 0 Å². The summed E-state index contributed by atoms with van der Waals surface area (Å²) in [5.41, 5.74) is 7.51. The molecule has 1 atom stereocenters. The van der Waals surface area contributed by atoms with Gasteiger partial charge in [-0.15, -0.1) is 0 Å². The Kier molecular flexibility index (Phi) is 4.94. The van der Waals surface area contributed by atoms with Gasteiger partial charge in [0, 0.05) is 12.6 Å². The molecule has 0 saturated carbocycles. The summed E-state index contributed by atoms with van der Waals surface area (Å²) in [5.74, 6) is -0.942. The fraction of sp³-hybridized carbons (Fsp3) is 0.222. The Labute approximate surface area is 149 Å². The lowest BCUT2D eigenvalue weighted by Crippen LogP contribution is -2.50. The predicted molar refractivity (Wildman–Crippen MR) is 95.3 cm³/mol. The largest absolute Gasteiger partial charge is 0.368 e. The molecule has 2 aromatic carbocycles. The number of para-hydroxylation sites is 2. The normalized spacial score (nSPS) is 16.5. The minimum atomic E-state index is -0.596. The van der Waals surface area contributed by atoms with E-state index in [-0.39, 0.29) is 17.9 Å². The number of nitrogens with two attached hydrogens (primary N) is 1. The molecule has 8 heteroatoms. The Morgan fingerprint density at radius 3 is 2.50 bits per heavy atom. The number of amides is 2. The number of benzene rings is 2. The Morgan fingerprint density at radius 1 is 1.15 bits per heavy atom. The second kappa shape index (κ2) is 7.32. The van der Waals surface area contributed by atoms with Crippen molar-refractivity contribution in [3.05, 3.63) is 69.8 Å². The Morgan fingerprint density at radius 2 is 1.81 bits per heavy atom. The summed E-state index contributed by atoms with van der Waals surface area (Å²) < 4.78 is 0. The summed E-state index contributed by atoms with van der Waals surface area (Å²) in [5, 5.41) is 13.6. The first-order chi connectivity index (χ1) is 12.5. The van der Waals surface area contributed by atoms with Gasteiger partial charge in [0.1, 0.15) is 5.69 Å². The van der Waals surface area contributed by atoms with Crippen LogP contribution in [0.3, 0.4) is 0 Å². The third-order valence-electron chi connectivity index (χ3n) is 4.40. The highest BCUT2D eigenvalue weighted by Crippen LogP contribution is 2.25. The van der Waals surface area contributed by atoms with Gasteiger partial charge in [-0.05, 0) is 23.6 Å². The molecule has 26 heavy (non-hydrogen) atoms. The molecule has 3 N–H and O–H groups in total. The predicted octanol–water partition coefficient (Wildman–Crippen LogP) is 1.45. The van der Waals surface area contributed by atoms with Crippen molar-refractivity contribution in [2.24, 2.45) is 5.73 Å². The Balaban J connectivity index is 1.76. The van der Waals surface area contributed by atoms with E-state index in [1.54, 1.807) is 11.0 Å². The topological polar surface area (TPSA) is 119 Å². The number of hydrogen-bond acceptors (Lipinski definition) is 5. The molecule has 0 bridgehead atoms. The molecule has 1 aliphatic heterocycles. The highest BCUT2D eigenvalue weighted by atomic mass is 16.6. The first kappa shape index (κ1) is 17.6. The van der Waals surface area contributed by atoms with Crippen LogP contribution in [-0.2, 0) is 22.6 Å². The molecule has 0 spiro atoms. The number of hydrogen-bond donors (Lipinski definition) is 2. The molecule has 3 rings (SSSR count). The van der Waals surface area contributed by atoms with Gasteiger partial charge in [-0.2, -0.15) is 0 Å². The van der Waals surface area contributed by atoms with E-state index in [0.29, 0.717) is 13.0 Å². The van der Waals surface area contributed by atoms with Crippen LogP contribution in [0.4, 0.5) is 11.4 Å². The molecule has 0 fully saturated rings. The third kappa shape index (κ3) is 3.70. The van der Waals surface area contributed by atoms with Gasteiger partial charge < -0.3 is 11.1 Å². The lowest BCUT2D eigenvalue weighted by Gasteiger charge is -2.34. The summed E-state index contributed by atoms with van der Waals surface area (Å²) in [7, 11) is 0. The van der Waals surface area contributed by atoms with Gasteiger partial charge in [-0.3, -0.25) is 24.6 Å². The molecule has 2 amide bonds. The third-order valence-corrected chi connectivity index (χ3v) is 4.40. The van der Waals surface area contributed by atoms with E-state index >= 15 is 0 Å². The fourth-order valence-electron chi connectivity index (χ4n) is 3.14. The van der Waals surface area contributed by atoms with Crippen LogP contribution in [0.2, 0.25) is 0 Å². The number of carbonyl (C=O) groups is 2. The zero-order valence-electron chi connectivity index (χ0n) is 13.9. The first-order valence-electron chi connectivity index (χ1n) is 8.09. The SMILES string of the molecule is NC(=O)C1Cc2ccccc2CN1CC(=O)Nc1ccccc1[N+](=O)[O-]. The number of nitrogens with one attached hydrogen (secondary N) is 1. The van der Waals surface area contributed by atoms with Crippen LogP contribution in [0.1, 0.15) is 11.1 Å². The number of fused-ring (bicyclic) bond motifs is 1. The number of primary amides is 1. The number of carbonyl (C=O) groups excluding carboxylic acids is 2. The average molecular weight is 354 g/mol. The molecule has 1 aliphatic rings. The van der Waals surface area contributed by atoms with Crippen LogP contribution in [0.5, 0.6) is 0 Å². The highest BCUT2D eigenvalue weighted by molar-refractivity contribution is 5.95. The summed E-state index contributed by atoms with van der Waals surface area (Å²) in [6.45, 7) is 0.322. The second-order valence-corrected chi connectivity index (χ2v) is 6.12. The number of nitrogens with zero attached hydrogens (tertiary/aromatic N) is 2. The van der Waals surface area contributed by atoms with Crippen molar-refractivity contribution >= 4 is 23.2 Å².